The van der Waals surface area contributed by atoms with E-state index in [4.69, 9.17) is 0 Å². The van der Waals surface area contributed by atoms with Crippen molar-refractivity contribution in [1.82, 2.24) is 0 Å². The molecule has 0 radical (unpaired) electrons. The average molecular weight is 240 g/mol. The number of hydrogen-bond donors (Lipinski definition) is 0. The van der Waals surface area contributed by atoms with Crippen molar-refractivity contribution in [2.24, 2.45) is 11.3 Å². The molecule has 0 aliphatic heterocycles. The van der Waals surface area contributed by atoms with Crippen LogP contribution in [0.25, 0.3) is 0 Å². The molecule has 0 heteroatoms. The normalized spacial score (nSPS) is 31.4. The molecule has 18 heavy (non-hydrogen) atoms. The van der Waals surface area contributed by atoms with E-state index in [0.717, 1.165) is 0 Å². The Morgan fingerprint density at radius 2 is 1.44 bits per heavy atom. The van der Waals surface area contributed by atoms with Gasteiger partial charge in [0.1, 0.15) is 0 Å². The Morgan fingerprint density at radius 1 is 0.833 bits per heavy atom. The molecule has 0 aromatic heterocycles. The van der Waals surface area contributed by atoms with Gasteiger partial charge in [0.05, 0.1) is 0 Å². The van der Waals surface area contributed by atoms with Crippen molar-refractivity contribution in [3.05, 3.63) is 46.5 Å². The molecule has 1 aromatic rings. The van der Waals surface area contributed by atoms with Crippen molar-refractivity contribution < 1.29 is 0 Å². The van der Waals surface area contributed by atoms with E-state index in [1.165, 1.54) is 0 Å². The Hall–Kier alpha value is -1.04. The zero-order valence-corrected chi connectivity index (χ0v) is 12.5. The minimum absolute atomic E-state index is 0.278. The van der Waals surface area contributed by atoms with Gasteiger partial charge in [-0.1, -0.05) is 63.1 Å². The fourth-order valence-electron chi connectivity index (χ4n) is 4.69. The number of benzene rings is 1. The second-order valence-corrected chi connectivity index (χ2v) is 7.29. The third kappa shape index (κ3) is 1.17. The lowest BCUT2D eigenvalue weighted by Gasteiger charge is -2.32. The summed E-state index contributed by atoms with van der Waals surface area (Å²) in [4.78, 5) is 0. The van der Waals surface area contributed by atoms with E-state index in [9.17, 15) is 0 Å². The number of fused-ring (bicyclic) bond motifs is 3. The molecule has 0 saturated heterocycles. The summed E-state index contributed by atoms with van der Waals surface area (Å²) in [5.74, 6) is 1.36. The maximum Gasteiger partial charge on any atom is 0.000351 e. The van der Waals surface area contributed by atoms with Crippen LogP contribution in [0, 0.1) is 11.3 Å². The van der Waals surface area contributed by atoms with Gasteiger partial charge in [-0.3, -0.25) is 0 Å². The van der Waals surface area contributed by atoms with Gasteiger partial charge < -0.3 is 0 Å². The zero-order valence-electron chi connectivity index (χ0n) is 12.5. The summed E-state index contributed by atoms with van der Waals surface area (Å²) in [7, 11) is 0. The Bertz CT molecular complexity index is 543. The summed E-state index contributed by atoms with van der Waals surface area (Å²) in [5, 5.41) is 0. The molecule has 0 fully saturated rings. The number of allylic oxidation sites excluding steroid dienone is 2. The molecule has 0 spiro atoms. The second-order valence-electron chi connectivity index (χ2n) is 7.29. The third-order valence-electron chi connectivity index (χ3n) is 5.90. The molecular weight excluding hydrogens is 216 g/mol. The second kappa shape index (κ2) is 3.29. The summed E-state index contributed by atoms with van der Waals surface area (Å²) in [6.45, 7) is 14.4. The fourth-order valence-corrected chi connectivity index (χ4v) is 4.69. The quantitative estimate of drug-likeness (QED) is 0.556. The van der Waals surface area contributed by atoms with E-state index >= 15 is 0 Å². The van der Waals surface area contributed by atoms with Gasteiger partial charge in [0.15, 0.2) is 0 Å². The van der Waals surface area contributed by atoms with Crippen LogP contribution in [0.3, 0.4) is 0 Å². The molecule has 0 heterocycles. The first-order valence-corrected chi connectivity index (χ1v) is 7.07. The summed E-state index contributed by atoms with van der Waals surface area (Å²) in [6.07, 6.45) is 0. The Morgan fingerprint density at radius 3 is 2.11 bits per heavy atom. The number of hydrogen-bond acceptors (Lipinski definition) is 0. The maximum absolute atomic E-state index is 2.43. The van der Waals surface area contributed by atoms with E-state index < -0.39 is 0 Å². The van der Waals surface area contributed by atoms with Crippen molar-refractivity contribution in [2.45, 2.75) is 52.9 Å². The highest BCUT2D eigenvalue weighted by Gasteiger charge is 2.56. The van der Waals surface area contributed by atoms with Gasteiger partial charge in [0.25, 0.3) is 0 Å². The topological polar surface area (TPSA) is 0 Å². The molecular formula is C18H24. The van der Waals surface area contributed by atoms with Gasteiger partial charge in [-0.25, -0.2) is 0 Å². The van der Waals surface area contributed by atoms with Crippen molar-refractivity contribution in [1.29, 1.82) is 0 Å². The summed E-state index contributed by atoms with van der Waals surface area (Å²) < 4.78 is 0. The van der Waals surface area contributed by atoms with Gasteiger partial charge in [0.2, 0.25) is 0 Å². The molecule has 1 aromatic carbocycles. The largest absolute Gasteiger partial charge is 0.0692 e. The third-order valence-corrected chi connectivity index (χ3v) is 5.90. The molecule has 2 aliphatic rings. The van der Waals surface area contributed by atoms with E-state index in [-0.39, 0.29) is 5.41 Å². The SMILES string of the molecule is CC1=C(C)C(C)(C)C2c3ccccc3C(C)(C)C12. The van der Waals surface area contributed by atoms with Crippen molar-refractivity contribution in [3.8, 4) is 0 Å². The van der Waals surface area contributed by atoms with Gasteiger partial charge in [-0.2, -0.15) is 0 Å². The maximum atomic E-state index is 2.43. The molecule has 0 bridgehead atoms. The number of rotatable bonds is 0. The predicted molar refractivity (Wildman–Crippen MR) is 77.9 cm³/mol. The molecule has 0 N–H and O–H groups in total. The van der Waals surface area contributed by atoms with Crippen LogP contribution in [0.15, 0.2) is 35.4 Å². The minimum atomic E-state index is 0.278. The Kier molecular flexibility index (Phi) is 2.20. The highest BCUT2D eigenvalue weighted by Crippen LogP contribution is 2.65. The van der Waals surface area contributed by atoms with Crippen LogP contribution in [0.5, 0.6) is 0 Å². The van der Waals surface area contributed by atoms with E-state index in [1.54, 1.807) is 22.3 Å². The lowest BCUT2D eigenvalue weighted by atomic mass is 9.70. The smallest absolute Gasteiger partial charge is 0.000351 e. The fraction of sp³-hybridized carbons (Fsp3) is 0.556. The van der Waals surface area contributed by atoms with E-state index in [2.05, 4.69) is 65.8 Å². The van der Waals surface area contributed by atoms with Crippen LogP contribution in [0.4, 0.5) is 0 Å². The van der Waals surface area contributed by atoms with Gasteiger partial charge in [-0.15, -0.1) is 0 Å². The highest BCUT2D eigenvalue weighted by atomic mass is 14.6. The lowest BCUT2D eigenvalue weighted by Crippen LogP contribution is -2.27. The summed E-state index contributed by atoms with van der Waals surface area (Å²) in [5.41, 5.74) is 6.99. The van der Waals surface area contributed by atoms with Gasteiger partial charge >= 0.3 is 0 Å². The summed E-state index contributed by atoms with van der Waals surface area (Å²) >= 11 is 0. The highest BCUT2D eigenvalue weighted by molar-refractivity contribution is 5.52. The molecule has 0 nitrogen and oxygen atoms in total. The minimum Gasteiger partial charge on any atom is -0.0692 e. The van der Waals surface area contributed by atoms with Crippen molar-refractivity contribution >= 4 is 0 Å². The molecule has 2 unspecified atom stereocenters. The van der Waals surface area contributed by atoms with Gasteiger partial charge in [-0.05, 0) is 41.7 Å². The molecule has 0 amide bonds. The van der Waals surface area contributed by atoms with Crippen LogP contribution in [0.2, 0.25) is 0 Å². The predicted octanol–water partition coefficient (Wildman–Crippen LogP) is 5.05. The van der Waals surface area contributed by atoms with Crippen LogP contribution < -0.4 is 0 Å². The average Bonchev–Trinajstić information content (AvgIpc) is 2.66. The van der Waals surface area contributed by atoms with Gasteiger partial charge in [0, 0.05) is 5.92 Å². The van der Waals surface area contributed by atoms with Crippen LogP contribution in [-0.4, -0.2) is 0 Å². The first-order valence-electron chi connectivity index (χ1n) is 7.07. The Labute approximate surface area is 111 Å². The standard InChI is InChI=1S/C18H24/c1-11-12(2)17(3,4)16-13-9-7-8-10-14(13)18(5,6)15(11)16/h7-10,15-16H,1-6H3. The molecule has 2 aliphatic carbocycles. The van der Waals surface area contributed by atoms with Crippen molar-refractivity contribution in [2.75, 3.05) is 0 Å². The molecule has 96 valence electrons. The zero-order chi connectivity index (χ0) is 13.3. The Balaban J connectivity index is 2.29. The van der Waals surface area contributed by atoms with Crippen LogP contribution in [0.1, 0.15) is 58.6 Å². The first-order chi connectivity index (χ1) is 8.29. The van der Waals surface area contributed by atoms with Crippen LogP contribution >= 0.6 is 0 Å². The van der Waals surface area contributed by atoms with Crippen LogP contribution in [-0.2, 0) is 5.41 Å². The lowest BCUT2D eigenvalue weighted by molar-refractivity contribution is 0.279. The monoisotopic (exact) mass is 240 g/mol. The summed E-state index contributed by atoms with van der Waals surface area (Å²) in [6, 6.07) is 9.10. The first kappa shape index (κ1) is 12.0. The molecule has 2 atom stereocenters. The van der Waals surface area contributed by atoms with E-state index in [1.807, 2.05) is 0 Å². The van der Waals surface area contributed by atoms with Crippen molar-refractivity contribution in [3.63, 3.8) is 0 Å². The molecule has 3 rings (SSSR count). The molecule has 0 saturated carbocycles. The van der Waals surface area contributed by atoms with E-state index in [0.29, 0.717) is 17.3 Å².